The zero-order valence-electron chi connectivity index (χ0n) is 26.4. The number of aryl methyl sites for hydroxylation is 2. The molecule has 0 amide bonds. The summed E-state index contributed by atoms with van der Waals surface area (Å²) in [7, 11) is -1.70. The van der Waals surface area contributed by atoms with Crippen LogP contribution in [0.4, 0.5) is 0 Å². The van der Waals surface area contributed by atoms with E-state index >= 15 is 0 Å². The molecule has 2 heterocycles. The van der Waals surface area contributed by atoms with Crippen molar-refractivity contribution in [2.45, 2.75) is 95.1 Å². The molecule has 232 valence electrons. The fourth-order valence-corrected chi connectivity index (χ4v) is 9.79. The zero-order chi connectivity index (χ0) is 30.6. The first-order chi connectivity index (χ1) is 21.2. The molecule has 7 rings (SSSR count). The van der Waals surface area contributed by atoms with Gasteiger partial charge in [0.15, 0.2) is 0 Å². The van der Waals surface area contributed by atoms with E-state index in [0.717, 1.165) is 28.5 Å². The van der Waals surface area contributed by atoms with Gasteiger partial charge in [0.2, 0.25) is 10.0 Å². The molecule has 2 saturated carbocycles. The molecule has 3 aliphatic rings. The number of ether oxygens (including phenoxy) is 1. The van der Waals surface area contributed by atoms with Crippen molar-refractivity contribution in [1.82, 2.24) is 19.3 Å². The number of para-hydroxylation sites is 1. The van der Waals surface area contributed by atoms with Crippen LogP contribution in [0.2, 0.25) is 0 Å². The van der Waals surface area contributed by atoms with E-state index in [1.165, 1.54) is 67.2 Å². The average Bonchev–Trinajstić information content (AvgIpc) is 3.78. The highest BCUT2D eigenvalue weighted by Crippen LogP contribution is 2.48. The van der Waals surface area contributed by atoms with E-state index < -0.39 is 10.0 Å². The number of benzene rings is 3. The van der Waals surface area contributed by atoms with Crippen LogP contribution >= 0.6 is 0 Å². The van der Waals surface area contributed by atoms with E-state index in [2.05, 4.69) is 54.5 Å². The van der Waals surface area contributed by atoms with Crippen LogP contribution in [0.1, 0.15) is 98.4 Å². The van der Waals surface area contributed by atoms with E-state index in [1.807, 2.05) is 24.7 Å². The molecule has 0 N–H and O–H groups in total. The quantitative estimate of drug-likeness (QED) is 0.226. The topological polar surface area (TPSA) is 77.3 Å². The summed E-state index contributed by atoms with van der Waals surface area (Å²) in [5.74, 6) is 2.84. The number of sulfonamides is 1. The maximum atomic E-state index is 13.8. The van der Waals surface area contributed by atoms with Crippen LogP contribution in [0, 0.1) is 18.8 Å². The fourth-order valence-electron chi connectivity index (χ4n) is 8.17. The monoisotopic (exact) mass is 612 g/mol. The Labute approximate surface area is 261 Å². The van der Waals surface area contributed by atoms with E-state index in [0.29, 0.717) is 24.8 Å². The number of hydrogen-bond donors (Lipinski definition) is 0. The van der Waals surface area contributed by atoms with Crippen LogP contribution in [0.25, 0.3) is 11.0 Å². The van der Waals surface area contributed by atoms with Crippen LogP contribution in [0.3, 0.4) is 0 Å². The predicted molar refractivity (Wildman–Crippen MR) is 173 cm³/mol. The molecule has 44 heavy (non-hydrogen) atoms. The first-order valence-corrected chi connectivity index (χ1v) is 17.8. The summed E-state index contributed by atoms with van der Waals surface area (Å²) in [6, 6.07) is 18.1. The minimum Gasteiger partial charge on any atom is -0.488 e. The van der Waals surface area contributed by atoms with Gasteiger partial charge in [0.05, 0.1) is 12.1 Å². The highest BCUT2D eigenvalue weighted by Gasteiger charge is 2.35. The third-order valence-corrected chi connectivity index (χ3v) is 12.6. The maximum Gasteiger partial charge on any atom is 0.247 e. The number of aromatic nitrogens is 3. The molecular weight excluding hydrogens is 568 g/mol. The normalized spacial score (nSPS) is 24.7. The summed E-state index contributed by atoms with van der Waals surface area (Å²) >= 11 is 0. The van der Waals surface area contributed by atoms with Crippen LogP contribution in [-0.4, -0.2) is 40.4 Å². The third-order valence-electron chi connectivity index (χ3n) is 10.7. The largest absolute Gasteiger partial charge is 0.488 e. The number of fused-ring (bicyclic) bond motifs is 2. The molecule has 8 heteroatoms. The van der Waals surface area contributed by atoms with Crippen molar-refractivity contribution in [2.75, 3.05) is 6.54 Å². The van der Waals surface area contributed by atoms with Gasteiger partial charge in [-0.25, -0.2) is 13.1 Å². The van der Waals surface area contributed by atoms with Crippen molar-refractivity contribution < 1.29 is 13.2 Å². The Bertz CT molecular complexity index is 1790. The molecular formula is C36H44N4O3S. The second-order valence-electron chi connectivity index (χ2n) is 13.6. The Morgan fingerprint density at radius 3 is 2.59 bits per heavy atom. The predicted octanol–water partition coefficient (Wildman–Crippen LogP) is 7.47. The van der Waals surface area contributed by atoms with Gasteiger partial charge in [0, 0.05) is 19.5 Å². The Kier molecular flexibility index (Phi) is 7.78. The fraction of sp³-hybridized carbons (Fsp3) is 0.500. The summed E-state index contributed by atoms with van der Waals surface area (Å²) in [6.45, 7) is 6.84. The Morgan fingerprint density at radius 1 is 0.977 bits per heavy atom. The van der Waals surface area contributed by atoms with Crippen LogP contribution in [0.5, 0.6) is 5.75 Å². The van der Waals surface area contributed by atoms with Gasteiger partial charge in [-0.15, -0.1) is 5.10 Å². The highest BCUT2D eigenvalue weighted by atomic mass is 32.2. The number of rotatable bonds is 6. The molecule has 3 aromatic carbocycles. The van der Waals surface area contributed by atoms with Gasteiger partial charge in [0.1, 0.15) is 22.3 Å². The molecule has 2 fully saturated rings. The van der Waals surface area contributed by atoms with E-state index in [4.69, 9.17) is 4.74 Å². The van der Waals surface area contributed by atoms with Crippen LogP contribution in [0.15, 0.2) is 59.5 Å². The first kappa shape index (κ1) is 29.5. The van der Waals surface area contributed by atoms with Crippen molar-refractivity contribution >= 4 is 21.1 Å². The molecule has 0 radical (unpaired) electrons. The number of hydrogen-bond acceptors (Lipinski definition) is 5. The van der Waals surface area contributed by atoms with Crippen LogP contribution in [-0.2, 0) is 23.6 Å². The maximum absolute atomic E-state index is 13.8. The standard InChI is InChI=1S/C36H44N4O3S/c1-23-13-14-27(17-31(23)22-40-21-24(2)43-34-11-7-8-12-35(34)44(40,41)42)25(3)30-19-32(36-33(20-30)37-38-39(36)4)29-16-15-28(18-29)26-9-5-6-10-26/h7-8,11-14,17,19-20,24-26,28-29H,5-6,9-10,15-16,18,21-22H2,1-4H3. The lowest BCUT2D eigenvalue weighted by atomic mass is 9.85. The Hall–Kier alpha value is -3.23. The van der Waals surface area contributed by atoms with Crippen molar-refractivity contribution in [3.8, 4) is 5.75 Å². The minimum absolute atomic E-state index is 0.121. The van der Waals surface area contributed by atoms with Gasteiger partial charge < -0.3 is 4.74 Å². The van der Waals surface area contributed by atoms with Gasteiger partial charge in [-0.1, -0.05) is 74.2 Å². The lowest BCUT2D eigenvalue weighted by Crippen LogP contribution is -2.35. The Morgan fingerprint density at radius 2 is 1.77 bits per heavy atom. The summed E-state index contributed by atoms with van der Waals surface area (Å²) in [5, 5.41) is 9.00. The van der Waals surface area contributed by atoms with E-state index in [1.54, 1.807) is 22.5 Å². The first-order valence-electron chi connectivity index (χ1n) is 16.4. The molecule has 7 nitrogen and oxygen atoms in total. The highest BCUT2D eigenvalue weighted by molar-refractivity contribution is 7.89. The van der Waals surface area contributed by atoms with Gasteiger partial charge in [-0.2, -0.15) is 4.31 Å². The second-order valence-corrected chi connectivity index (χ2v) is 15.5. The molecule has 2 aliphatic carbocycles. The molecule has 1 aromatic heterocycles. The molecule has 0 spiro atoms. The third kappa shape index (κ3) is 5.34. The second kappa shape index (κ2) is 11.6. The van der Waals surface area contributed by atoms with Crippen molar-refractivity contribution in [3.63, 3.8) is 0 Å². The van der Waals surface area contributed by atoms with Gasteiger partial charge >= 0.3 is 0 Å². The molecule has 4 unspecified atom stereocenters. The van der Waals surface area contributed by atoms with Crippen LogP contribution < -0.4 is 4.74 Å². The van der Waals surface area contributed by atoms with Crippen molar-refractivity contribution in [2.24, 2.45) is 18.9 Å². The van der Waals surface area contributed by atoms with Gasteiger partial charge in [0.25, 0.3) is 0 Å². The number of nitrogens with zero attached hydrogens (tertiary/aromatic N) is 4. The molecule has 1 aliphatic heterocycles. The van der Waals surface area contributed by atoms with E-state index in [9.17, 15) is 8.42 Å². The SMILES string of the molecule is Cc1ccc(C(C)c2cc(C3CCC(C4CCCC4)C3)c3c(c2)nnn3C)cc1CN1CC(C)Oc2ccccc2S1(=O)=O. The lowest BCUT2D eigenvalue weighted by Gasteiger charge is -2.24. The molecule has 4 aromatic rings. The zero-order valence-corrected chi connectivity index (χ0v) is 27.2. The molecule has 0 bridgehead atoms. The van der Waals surface area contributed by atoms with Gasteiger partial charge in [-0.3, -0.25) is 0 Å². The summed E-state index contributed by atoms with van der Waals surface area (Å²) < 4.78 is 37.0. The summed E-state index contributed by atoms with van der Waals surface area (Å²) in [5.41, 5.74) is 8.04. The van der Waals surface area contributed by atoms with Crippen molar-refractivity contribution in [3.05, 3.63) is 82.4 Å². The van der Waals surface area contributed by atoms with Gasteiger partial charge in [-0.05, 0) is 96.9 Å². The average molecular weight is 613 g/mol. The molecule has 0 saturated heterocycles. The lowest BCUT2D eigenvalue weighted by molar-refractivity contribution is 0.190. The minimum atomic E-state index is -3.71. The molecule has 4 atom stereocenters. The van der Waals surface area contributed by atoms with E-state index in [-0.39, 0.29) is 16.9 Å². The smallest absolute Gasteiger partial charge is 0.247 e. The Balaban J connectivity index is 1.19. The summed E-state index contributed by atoms with van der Waals surface area (Å²) in [6.07, 6.45) is 9.20. The van der Waals surface area contributed by atoms with Crippen molar-refractivity contribution in [1.29, 1.82) is 0 Å². The summed E-state index contributed by atoms with van der Waals surface area (Å²) in [4.78, 5) is 0.235.